The molecule has 0 aliphatic carbocycles. The Hall–Kier alpha value is -1.10. The molecule has 0 aliphatic heterocycles. The number of carboxylic acids is 1. The van der Waals surface area contributed by atoms with Crippen molar-refractivity contribution in [3.63, 3.8) is 0 Å². The van der Waals surface area contributed by atoms with Crippen molar-refractivity contribution in [2.75, 3.05) is 26.8 Å². The molecule has 16 heavy (non-hydrogen) atoms. The third-order valence-corrected chi connectivity index (χ3v) is 2.79. The summed E-state index contributed by atoms with van der Waals surface area (Å²) in [4.78, 5) is 24.3. The number of carbonyl (C=O) groups is 2. The summed E-state index contributed by atoms with van der Waals surface area (Å²) < 4.78 is 4.90. The van der Waals surface area contributed by atoms with Crippen LogP contribution in [0.5, 0.6) is 0 Å². The smallest absolute Gasteiger partial charge is 0.307 e. The van der Waals surface area contributed by atoms with Crippen molar-refractivity contribution in [3.05, 3.63) is 0 Å². The maximum absolute atomic E-state index is 11.9. The molecule has 2 atom stereocenters. The number of aliphatic carboxylic acids is 1. The SMILES string of the molecule is CCN(CCOC)C(=O)C(C)C(C)C(=O)O. The quantitative estimate of drug-likeness (QED) is 0.705. The molecule has 5 nitrogen and oxygen atoms in total. The second-order valence-corrected chi connectivity index (χ2v) is 3.83. The van der Waals surface area contributed by atoms with Gasteiger partial charge in [0.05, 0.1) is 12.5 Å². The second-order valence-electron chi connectivity index (χ2n) is 3.83. The van der Waals surface area contributed by atoms with Crippen LogP contribution in [0.4, 0.5) is 0 Å². The van der Waals surface area contributed by atoms with E-state index in [0.717, 1.165) is 0 Å². The number of carboxylic acid groups (broad SMARTS) is 1. The number of hydrogen-bond donors (Lipinski definition) is 1. The molecule has 1 amide bonds. The Morgan fingerprint density at radius 1 is 1.31 bits per heavy atom. The summed E-state index contributed by atoms with van der Waals surface area (Å²) in [6, 6.07) is 0. The number of amides is 1. The van der Waals surface area contributed by atoms with Crippen LogP contribution in [0.25, 0.3) is 0 Å². The summed E-state index contributed by atoms with van der Waals surface area (Å²) in [7, 11) is 1.57. The van der Waals surface area contributed by atoms with Crippen LogP contribution in [0.2, 0.25) is 0 Å². The van der Waals surface area contributed by atoms with Crippen molar-refractivity contribution < 1.29 is 19.4 Å². The van der Waals surface area contributed by atoms with Gasteiger partial charge in [0.1, 0.15) is 0 Å². The van der Waals surface area contributed by atoms with Crippen molar-refractivity contribution in [1.29, 1.82) is 0 Å². The fraction of sp³-hybridized carbons (Fsp3) is 0.818. The van der Waals surface area contributed by atoms with Gasteiger partial charge >= 0.3 is 5.97 Å². The molecule has 0 aliphatic rings. The standard InChI is InChI=1S/C11H21NO4/c1-5-12(6-7-16-4)10(13)8(2)9(3)11(14)15/h8-9H,5-7H2,1-4H3,(H,14,15). The zero-order chi connectivity index (χ0) is 12.7. The Labute approximate surface area is 96.4 Å². The highest BCUT2D eigenvalue weighted by Crippen LogP contribution is 2.14. The lowest BCUT2D eigenvalue weighted by atomic mass is 9.95. The lowest BCUT2D eigenvalue weighted by Gasteiger charge is -2.25. The molecule has 0 radical (unpaired) electrons. The van der Waals surface area contributed by atoms with Gasteiger partial charge in [0, 0.05) is 26.1 Å². The zero-order valence-electron chi connectivity index (χ0n) is 10.4. The van der Waals surface area contributed by atoms with Gasteiger partial charge in [-0.15, -0.1) is 0 Å². The van der Waals surface area contributed by atoms with Crippen molar-refractivity contribution in [2.24, 2.45) is 11.8 Å². The van der Waals surface area contributed by atoms with Gasteiger partial charge < -0.3 is 14.7 Å². The number of rotatable bonds is 7. The Morgan fingerprint density at radius 3 is 2.25 bits per heavy atom. The third-order valence-electron chi connectivity index (χ3n) is 2.79. The first-order valence-corrected chi connectivity index (χ1v) is 5.46. The molecule has 0 saturated carbocycles. The Morgan fingerprint density at radius 2 is 1.88 bits per heavy atom. The van der Waals surface area contributed by atoms with E-state index >= 15 is 0 Å². The lowest BCUT2D eigenvalue weighted by Crippen LogP contribution is -2.40. The number of ether oxygens (including phenoxy) is 1. The molecule has 0 fully saturated rings. The van der Waals surface area contributed by atoms with Crippen LogP contribution in [-0.2, 0) is 14.3 Å². The summed E-state index contributed by atoms with van der Waals surface area (Å²) in [5, 5.41) is 8.84. The van der Waals surface area contributed by atoms with E-state index < -0.39 is 17.8 Å². The topological polar surface area (TPSA) is 66.8 Å². The van der Waals surface area contributed by atoms with Gasteiger partial charge in [-0.25, -0.2) is 0 Å². The summed E-state index contributed by atoms with van der Waals surface area (Å²) in [5.74, 6) is -2.24. The molecule has 0 spiro atoms. The lowest BCUT2D eigenvalue weighted by molar-refractivity contribution is -0.149. The maximum atomic E-state index is 11.9. The maximum Gasteiger partial charge on any atom is 0.307 e. The van der Waals surface area contributed by atoms with E-state index in [2.05, 4.69) is 0 Å². The minimum atomic E-state index is -0.941. The fourth-order valence-electron chi connectivity index (χ4n) is 1.34. The van der Waals surface area contributed by atoms with E-state index in [1.165, 1.54) is 0 Å². The normalized spacial score (nSPS) is 14.2. The largest absolute Gasteiger partial charge is 0.481 e. The van der Waals surface area contributed by atoms with Gasteiger partial charge in [0.15, 0.2) is 0 Å². The second kappa shape index (κ2) is 7.22. The van der Waals surface area contributed by atoms with Gasteiger partial charge in [0.25, 0.3) is 0 Å². The summed E-state index contributed by atoms with van der Waals surface area (Å²) in [5.41, 5.74) is 0. The van der Waals surface area contributed by atoms with Crippen LogP contribution in [-0.4, -0.2) is 48.7 Å². The molecule has 94 valence electrons. The Bertz CT molecular complexity index is 242. The number of carbonyl (C=O) groups excluding carboxylic acids is 1. The number of likely N-dealkylation sites (N-methyl/N-ethyl adjacent to an activating group) is 1. The zero-order valence-corrected chi connectivity index (χ0v) is 10.4. The van der Waals surface area contributed by atoms with E-state index in [1.807, 2.05) is 6.92 Å². The monoisotopic (exact) mass is 231 g/mol. The number of hydrogen-bond acceptors (Lipinski definition) is 3. The van der Waals surface area contributed by atoms with Crippen LogP contribution in [0.3, 0.4) is 0 Å². The molecule has 0 rings (SSSR count). The summed E-state index contributed by atoms with van der Waals surface area (Å²) in [6.45, 7) is 6.60. The molecule has 2 unspecified atom stereocenters. The van der Waals surface area contributed by atoms with Crippen molar-refractivity contribution in [3.8, 4) is 0 Å². The van der Waals surface area contributed by atoms with Crippen LogP contribution in [0.1, 0.15) is 20.8 Å². The van der Waals surface area contributed by atoms with E-state index in [9.17, 15) is 9.59 Å². The number of nitrogens with zero attached hydrogens (tertiary/aromatic N) is 1. The van der Waals surface area contributed by atoms with Crippen LogP contribution in [0, 0.1) is 11.8 Å². The Balaban J connectivity index is 4.43. The average molecular weight is 231 g/mol. The highest BCUT2D eigenvalue weighted by Gasteiger charge is 2.28. The molecule has 0 saturated heterocycles. The minimum Gasteiger partial charge on any atom is -0.481 e. The van der Waals surface area contributed by atoms with E-state index in [0.29, 0.717) is 19.7 Å². The number of methoxy groups -OCH3 is 1. The van der Waals surface area contributed by atoms with Gasteiger partial charge in [-0.1, -0.05) is 13.8 Å². The van der Waals surface area contributed by atoms with Crippen molar-refractivity contribution in [1.82, 2.24) is 4.90 Å². The molecule has 0 heterocycles. The first-order valence-electron chi connectivity index (χ1n) is 5.46. The van der Waals surface area contributed by atoms with Gasteiger partial charge in [-0.2, -0.15) is 0 Å². The molecular weight excluding hydrogens is 210 g/mol. The molecule has 1 N–H and O–H groups in total. The first-order chi connectivity index (χ1) is 7.45. The van der Waals surface area contributed by atoms with E-state index in [1.54, 1.807) is 25.9 Å². The van der Waals surface area contributed by atoms with E-state index in [-0.39, 0.29) is 5.91 Å². The van der Waals surface area contributed by atoms with Gasteiger partial charge in [0.2, 0.25) is 5.91 Å². The predicted octanol–water partition coefficient (Wildman–Crippen LogP) is 0.838. The predicted molar refractivity (Wildman–Crippen MR) is 60.1 cm³/mol. The molecule has 0 aromatic heterocycles. The summed E-state index contributed by atoms with van der Waals surface area (Å²) >= 11 is 0. The molecule has 0 aromatic carbocycles. The third kappa shape index (κ3) is 4.18. The Kier molecular flexibility index (Phi) is 6.72. The average Bonchev–Trinajstić information content (AvgIpc) is 2.27. The molecule has 0 aromatic rings. The molecule has 0 bridgehead atoms. The highest BCUT2D eigenvalue weighted by molar-refractivity contribution is 5.84. The highest BCUT2D eigenvalue weighted by atomic mass is 16.5. The first kappa shape index (κ1) is 14.9. The minimum absolute atomic E-state index is 0.130. The molecular formula is C11H21NO4. The van der Waals surface area contributed by atoms with Gasteiger partial charge in [-0.05, 0) is 6.92 Å². The van der Waals surface area contributed by atoms with E-state index in [4.69, 9.17) is 9.84 Å². The van der Waals surface area contributed by atoms with Crippen LogP contribution < -0.4 is 0 Å². The van der Waals surface area contributed by atoms with Gasteiger partial charge in [-0.3, -0.25) is 9.59 Å². The fourth-order valence-corrected chi connectivity index (χ4v) is 1.34. The van der Waals surface area contributed by atoms with Crippen LogP contribution in [0.15, 0.2) is 0 Å². The summed E-state index contributed by atoms with van der Waals surface area (Å²) in [6.07, 6.45) is 0. The molecule has 5 heteroatoms. The van der Waals surface area contributed by atoms with Crippen molar-refractivity contribution >= 4 is 11.9 Å². The van der Waals surface area contributed by atoms with Crippen molar-refractivity contribution in [2.45, 2.75) is 20.8 Å². The van der Waals surface area contributed by atoms with Crippen LogP contribution >= 0.6 is 0 Å².